The molecular formula is C20H32N4O5S2. The Labute approximate surface area is 188 Å². The second kappa shape index (κ2) is 9.41. The van der Waals surface area contributed by atoms with Crippen LogP contribution in [0.3, 0.4) is 0 Å². The molecule has 0 bridgehead atoms. The lowest BCUT2D eigenvalue weighted by atomic mass is 10.0. The van der Waals surface area contributed by atoms with Gasteiger partial charge in [0.1, 0.15) is 11.6 Å². The molecule has 0 radical (unpaired) electrons. The highest BCUT2D eigenvalue weighted by Crippen LogP contribution is 2.30. The van der Waals surface area contributed by atoms with Gasteiger partial charge < -0.3 is 15.0 Å². The summed E-state index contributed by atoms with van der Waals surface area (Å²) in [6.45, 7) is 8.57. The van der Waals surface area contributed by atoms with E-state index in [-0.39, 0.29) is 17.8 Å². The van der Waals surface area contributed by atoms with Crippen LogP contribution in [0.1, 0.15) is 63.9 Å². The van der Waals surface area contributed by atoms with Crippen molar-refractivity contribution in [3.05, 3.63) is 10.6 Å². The zero-order valence-electron chi connectivity index (χ0n) is 18.6. The molecule has 2 amide bonds. The van der Waals surface area contributed by atoms with Crippen molar-refractivity contribution in [1.82, 2.24) is 14.2 Å². The van der Waals surface area contributed by atoms with Crippen LogP contribution in [0.4, 0.5) is 9.93 Å². The molecule has 1 fully saturated rings. The number of amides is 2. The first kappa shape index (κ1) is 23.9. The Morgan fingerprint density at radius 1 is 1.26 bits per heavy atom. The molecular weight excluding hydrogens is 440 g/mol. The standard InChI is InChI=1S/C20H32N4O5S2/c1-5-12-31(27,28)24-10-7-6-8-15(24)17(25)22-18-21-14-9-11-23(13-16(14)30-18)19(26)29-20(2,3)4/h15H,5-13H2,1-4H3,(H,21,22,25). The summed E-state index contributed by atoms with van der Waals surface area (Å²) in [5, 5.41) is 3.27. The van der Waals surface area contributed by atoms with Crippen molar-refractivity contribution in [3.63, 3.8) is 0 Å². The third-order valence-electron chi connectivity index (χ3n) is 5.19. The molecule has 3 rings (SSSR count). The van der Waals surface area contributed by atoms with E-state index in [1.807, 2.05) is 27.7 Å². The highest BCUT2D eigenvalue weighted by molar-refractivity contribution is 7.89. The van der Waals surface area contributed by atoms with E-state index in [4.69, 9.17) is 4.74 Å². The van der Waals surface area contributed by atoms with Gasteiger partial charge in [-0.2, -0.15) is 4.31 Å². The summed E-state index contributed by atoms with van der Waals surface area (Å²) >= 11 is 1.33. The minimum Gasteiger partial charge on any atom is -0.444 e. The van der Waals surface area contributed by atoms with Gasteiger partial charge in [-0.05, 0) is 40.0 Å². The van der Waals surface area contributed by atoms with Gasteiger partial charge >= 0.3 is 6.09 Å². The molecule has 0 spiro atoms. The van der Waals surface area contributed by atoms with Gasteiger partial charge in [0, 0.05) is 24.4 Å². The number of sulfonamides is 1. The first-order valence-corrected chi connectivity index (χ1v) is 13.2. The maximum absolute atomic E-state index is 12.9. The summed E-state index contributed by atoms with van der Waals surface area (Å²) < 4.78 is 32.0. The van der Waals surface area contributed by atoms with Crippen molar-refractivity contribution in [1.29, 1.82) is 0 Å². The lowest BCUT2D eigenvalue weighted by molar-refractivity contribution is -0.120. The Kier molecular flexibility index (Phi) is 7.27. The predicted molar refractivity (Wildman–Crippen MR) is 120 cm³/mol. The van der Waals surface area contributed by atoms with Gasteiger partial charge in [-0.15, -0.1) is 0 Å². The molecule has 1 unspecified atom stereocenters. The summed E-state index contributed by atoms with van der Waals surface area (Å²) in [5.41, 5.74) is 0.299. The van der Waals surface area contributed by atoms with Crippen LogP contribution in [-0.2, 0) is 32.5 Å². The van der Waals surface area contributed by atoms with Crippen LogP contribution in [0.15, 0.2) is 0 Å². The second-order valence-corrected chi connectivity index (χ2v) is 12.1. The average molecular weight is 473 g/mol. The number of rotatable bonds is 5. The first-order chi connectivity index (χ1) is 14.5. The van der Waals surface area contributed by atoms with Gasteiger partial charge in [-0.25, -0.2) is 18.2 Å². The summed E-state index contributed by atoms with van der Waals surface area (Å²) in [5.74, 6) is -0.294. The summed E-state index contributed by atoms with van der Waals surface area (Å²) in [4.78, 5) is 32.4. The molecule has 2 aliphatic rings. The highest BCUT2D eigenvalue weighted by Gasteiger charge is 2.37. The molecule has 1 N–H and O–H groups in total. The molecule has 0 saturated carbocycles. The van der Waals surface area contributed by atoms with E-state index in [1.165, 1.54) is 15.6 Å². The van der Waals surface area contributed by atoms with Gasteiger partial charge in [0.2, 0.25) is 15.9 Å². The maximum atomic E-state index is 12.9. The van der Waals surface area contributed by atoms with E-state index in [9.17, 15) is 18.0 Å². The van der Waals surface area contributed by atoms with Gasteiger partial charge in [0.05, 0.1) is 18.0 Å². The van der Waals surface area contributed by atoms with Crippen LogP contribution < -0.4 is 5.32 Å². The summed E-state index contributed by atoms with van der Waals surface area (Å²) in [6, 6.07) is -0.704. The number of carbonyl (C=O) groups excluding carboxylic acids is 2. The summed E-state index contributed by atoms with van der Waals surface area (Å²) in [7, 11) is -3.46. The van der Waals surface area contributed by atoms with Crippen LogP contribution >= 0.6 is 11.3 Å². The average Bonchev–Trinajstić information content (AvgIpc) is 3.08. The van der Waals surface area contributed by atoms with Crippen molar-refractivity contribution in [2.24, 2.45) is 0 Å². The second-order valence-electron chi connectivity index (χ2n) is 8.97. The summed E-state index contributed by atoms with van der Waals surface area (Å²) in [6.07, 6.45) is 2.82. The number of carbonyl (C=O) groups is 2. The molecule has 31 heavy (non-hydrogen) atoms. The van der Waals surface area contributed by atoms with Crippen molar-refractivity contribution in [3.8, 4) is 0 Å². The lowest BCUT2D eigenvalue weighted by Crippen LogP contribution is -2.50. The Morgan fingerprint density at radius 3 is 2.68 bits per heavy atom. The fourth-order valence-corrected chi connectivity index (χ4v) is 6.57. The number of hydrogen-bond acceptors (Lipinski definition) is 7. The van der Waals surface area contributed by atoms with Gasteiger partial charge in [-0.3, -0.25) is 4.79 Å². The minimum absolute atomic E-state index is 0.0445. The number of nitrogens with zero attached hydrogens (tertiary/aromatic N) is 3. The Balaban J connectivity index is 1.68. The molecule has 9 nitrogen and oxygen atoms in total. The fraction of sp³-hybridized carbons (Fsp3) is 0.750. The van der Waals surface area contributed by atoms with Crippen LogP contribution in [-0.4, -0.2) is 65.1 Å². The van der Waals surface area contributed by atoms with Crippen LogP contribution in [0.2, 0.25) is 0 Å². The highest BCUT2D eigenvalue weighted by atomic mass is 32.2. The molecule has 3 heterocycles. The van der Waals surface area contributed by atoms with Crippen molar-refractivity contribution < 1.29 is 22.7 Å². The number of piperidine rings is 1. The number of nitrogens with one attached hydrogen (secondary N) is 1. The molecule has 11 heteroatoms. The number of hydrogen-bond donors (Lipinski definition) is 1. The molecule has 1 saturated heterocycles. The largest absolute Gasteiger partial charge is 0.444 e. The Bertz CT molecular complexity index is 922. The van der Waals surface area contributed by atoms with Crippen LogP contribution in [0, 0.1) is 0 Å². The molecule has 0 aliphatic carbocycles. The van der Waals surface area contributed by atoms with E-state index in [1.54, 1.807) is 4.90 Å². The third kappa shape index (κ3) is 5.95. The predicted octanol–water partition coefficient (Wildman–Crippen LogP) is 2.97. The van der Waals surface area contributed by atoms with E-state index in [2.05, 4.69) is 10.3 Å². The monoisotopic (exact) mass is 472 g/mol. The normalized spacial score (nSPS) is 20.3. The number of fused-ring (bicyclic) bond motifs is 1. The minimum atomic E-state index is -3.46. The molecule has 1 atom stereocenters. The number of thiazole rings is 1. The number of aromatic nitrogens is 1. The van der Waals surface area contributed by atoms with Crippen molar-refractivity contribution in [2.75, 3.05) is 24.2 Å². The zero-order valence-corrected chi connectivity index (χ0v) is 20.3. The van der Waals surface area contributed by atoms with Gasteiger partial charge in [0.25, 0.3) is 0 Å². The van der Waals surface area contributed by atoms with E-state index in [0.717, 1.165) is 23.4 Å². The van der Waals surface area contributed by atoms with Gasteiger partial charge in [-0.1, -0.05) is 24.7 Å². The SMILES string of the molecule is CCCS(=O)(=O)N1CCCCC1C(=O)Nc1nc2c(s1)CN(C(=O)OC(C)(C)C)CC2. The van der Waals surface area contributed by atoms with Crippen molar-refractivity contribution in [2.45, 2.75) is 78.0 Å². The maximum Gasteiger partial charge on any atom is 0.410 e. The van der Waals surface area contributed by atoms with Crippen LogP contribution in [0.5, 0.6) is 0 Å². The third-order valence-corrected chi connectivity index (χ3v) is 8.26. The van der Waals surface area contributed by atoms with E-state index in [0.29, 0.717) is 44.0 Å². The van der Waals surface area contributed by atoms with E-state index < -0.39 is 21.7 Å². The number of ether oxygens (including phenoxy) is 1. The Hall–Kier alpha value is -1.72. The molecule has 1 aromatic heterocycles. The molecule has 1 aromatic rings. The van der Waals surface area contributed by atoms with Crippen LogP contribution in [0.25, 0.3) is 0 Å². The van der Waals surface area contributed by atoms with Crippen molar-refractivity contribution >= 4 is 38.5 Å². The lowest BCUT2D eigenvalue weighted by Gasteiger charge is -2.33. The molecule has 174 valence electrons. The smallest absolute Gasteiger partial charge is 0.410 e. The van der Waals surface area contributed by atoms with E-state index >= 15 is 0 Å². The topological polar surface area (TPSA) is 109 Å². The fourth-order valence-electron chi connectivity index (χ4n) is 3.80. The first-order valence-electron chi connectivity index (χ1n) is 10.8. The number of anilines is 1. The Morgan fingerprint density at radius 2 is 2.00 bits per heavy atom. The molecule has 0 aromatic carbocycles. The molecule has 2 aliphatic heterocycles. The zero-order chi connectivity index (χ0) is 22.8. The quantitative estimate of drug-likeness (QED) is 0.706. The van der Waals surface area contributed by atoms with Gasteiger partial charge in [0.15, 0.2) is 5.13 Å².